The van der Waals surface area contributed by atoms with E-state index < -0.39 is 28.6 Å². The van der Waals surface area contributed by atoms with Gasteiger partial charge in [0, 0.05) is 29.1 Å². The second-order valence-electron chi connectivity index (χ2n) is 5.79. The first-order valence-electron chi connectivity index (χ1n) is 8.12. The van der Waals surface area contributed by atoms with Crippen LogP contribution >= 0.6 is 0 Å². The number of esters is 1. The minimum Gasteiger partial charge on any atom is -0.465 e. The van der Waals surface area contributed by atoms with Crippen LogP contribution in [-0.2, 0) is 9.47 Å². The molecule has 0 saturated carbocycles. The first kappa shape index (κ1) is 18.8. The maximum atomic E-state index is 12.6. The molecule has 1 N–H and O–H groups in total. The standard InChI is InChI=1S/C18H15N3O7/c1-27-17(23)12-7-11(8-15(9-12)21(25)26)16(22)19-13-3-2-4-14(10-13)20-5-6-28-18(20)24/h2-4,7-10H,5-6H2,1H3,(H,19,22). The molecule has 0 aliphatic carbocycles. The number of benzene rings is 2. The van der Waals surface area contributed by atoms with Gasteiger partial charge < -0.3 is 14.8 Å². The Kier molecular flexibility index (Phi) is 5.21. The quantitative estimate of drug-likeness (QED) is 0.476. The van der Waals surface area contributed by atoms with Crippen molar-refractivity contribution in [3.05, 3.63) is 63.7 Å². The summed E-state index contributed by atoms with van der Waals surface area (Å²) in [5.74, 6) is -1.46. The number of ether oxygens (including phenoxy) is 2. The topological polar surface area (TPSA) is 128 Å². The fraction of sp³-hybridized carbons (Fsp3) is 0.167. The fourth-order valence-electron chi connectivity index (χ4n) is 2.67. The summed E-state index contributed by atoms with van der Waals surface area (Å²) in [6, 6.07) is 9.79. The van der Waals surface area contributed by atoms with Crippen molar-refractivity contribution in [1.82, 2.24) is 0 Å². The number of carbonyl (C=O) groups excluding carboxylic acids is 3. The molecule has 2 aromatic rings. The van der Waals surface area contributed by atoms with Gasteiger partial charge in [0.2, 0.25) is 0 Å². The lowest BCUT2D eigenvalue weighted by Crippen LogP contribution is -2.23. The minimum absolute atomic E-state index is 0.0828. The van der Waals surface area contributed by atoms with Crippen molar-refractivity contribution >= 4 is 35.0 Å². The average Bonchev–Trinajstić information content (AvgIpc) is 3.13. The Morgan fingerprint density at radius 1 is 1.21 bits per heavy atom. The monoisotopic (exact) mass is 385 g/mol. The molecule has 1 heterocycles. The highest BCUT2D eigenvalue weighted by atomic mass is 16.6. The van der Waals surface area contributed by atoms with E-state index in [1.807, 2.05) is 0 Å². The molecular weight excluding hydrogens is 370 g/mol. The third kappa shape index (κ3) is 3.90. The van der Waals surface area contributed by atoms with E-state index in [4.69, 9.17) is 4.74 Å². The minimum atomic E-state index is -0.799. The number of methoxy groups -OCH3 is 1. The van der Waals surface area contributed by atoms with Gasteiger partial charge >= 0.3 is 12.1 Å². The molecular formula is C18H15N3O7. The van der Waals surface area contributed by atoms with Crippen LogP contribution in [0.25, 0.3) is 0 Å². The zero-order valence-electron chi connectivity index (χ0n) is 14.7. The summed E-state index contributed by atoms with van der Waals surface area (Å²) in [7, 11) is 1.13. The lowest BCUT2D eigenvalue weighted by atomic mass is 10.1. The molecule has 10 nitrogen and oxygen atoms in total. The molecule has 144 valence electrons. The molecule has 0 atom stereocenters. The highest BCUT2D eigenvalue weighted by Crippen LogP contribution is 2.24. The number of rotatable bonds is 5. The van der Waals surface area contributed by atoms with E-state index in [2.05, 4.69) is 10.1 Å². The largest absolute Gasteiger partial charge is 0.465 e. The Bertz CT molecular complexity index is 973. The molecule has 0 unspecified atom stereocenters. The maximum absolute atomic E-state index is 12.6. The van der Waals surface area contributed by atoms with Crippen molar-refractivity contribution in [3.63, 3.8) is 0 Å². The summed E-state index contributed by atoms with van der Waals surface area (Å²) in [5.41, 5.74) is 0.292. The van der Waals surface area contributed by atoms with Gasteiger partial charge in [0.05, 0.1) is 24.1 Å². The Morgan fingerprint density at radius 3 is 2.61 bits per heavy atom. The van der Waals surface area contributed by atoms with Gasteiger partial charge in [0.1, 0.15) is 6.61 Å². The number of nitrogens with one attached hydrogen (secondary N) is 1. The third-order valence-electron chi connectivity index (χ3n) is 3.99. The van der Waals surface area contributed by atoms with Gasteiger partial charge in [-0.2, -0.15) is 0 Å². The first-order valence-corrected chi connectivity index (χ1v) is 8.12. The van der Waals surface area contributed by atoms with E-state index in [0.29, 0.717) is 17.9 Å². The smallest absolute Gasteiger partial charge is 0.414 e. The summed E-state index contributed by atoms with van der Waals surface area (Å²) in [6.45, 7) is 0.670. The number of non-ortho nitro benzene ring substituents is 1. The number of carbonyl (C=O) groups is 3. The van der Waals surface area contributed by atoms with Crippen LogP contribution in [0.5, 0.6) is 0 Å². The number of amides is 2. The van der Waals surface area contributed by atoms with Crippen molar-refractivity contribution in [2.24, 2.45) is 0 Å². The number of hydrogen-bond donors (Lipinski definition) is 1. The Hall–Kier alpha value is -3.95. The van der Waals surface area contributed by atoms with Crippen LogP contribution < -0.4 is 10.2 Å². The van der Waals surface area contributed by atoms with E-state index >= 15 is 0 Å². The molecule has 1 aliphatic heterocycles. The van der Waals surface area contributed by atoms with Gasteiger partial charge in [-0.1, -0.05) is 6.07 Å². The molecule has 0 bridgehead atoms. The van der Waals surface area contributed by atoms with Gasteiger partial charge in [-0.3, -0.25) is 19.8 Å². The van der Waals surface area contributed by atoms with E-state index in [0.717, 1.165) is 19.2 Å². The van der Waals surface area contributed by atoms with E-state index in [1.54, 1.807) is 24.3 Å². The number of hydrogen-bond acceptors (Lipinski definition) is 7. The number of anilines is 2. The molecule has 1 saturated heterocycles. The number of nitro groups is 1. The molecule has 2 aromatic carbocycles. The lowest BCUT2D eigenvalue weighted by molar-refractivity contribution is -0.384. The van der Waals surface area contributed by atoms with Gasteiger partial charge in [-0.15, -0.1) is 0 Å². The molecule has 2 amide bonds. The summed E-state index contributed by atoms with van der Waals surface area (Å²) in [4.78, 5) is 47.7. The molecule has 0 spiro atoms. The number of nitro benzene ring substituents is 1. The van der Waals surface area contributed by atoms with E-state index in [9.17, 15) is 24.5 Å². The number of cyclic esters (lactones) is 1. The van der Waals surface area contributed by atoms with Gasteiger partial charge in [0.25, 0.3) is 11.6 Å². The highest BCUT2D eigenvalue weighted by Gasteiger charge is 2.24. The van der Waals surface area contributed by atoms with Crippen LogP contribution in [0.15, 0.2) is 42.5 Å². The van der Waals surface area contributed by atoms with Crippen LogP contribution in [-0.4, -0.2) is 43.2 Å². The van der Waals surface area contributed by atoms with E-state index in [-0.39, 0.29) is 17.7 Å². The van der Waals surface area contributed by atoms with Gasteiger partial charge in [-0.05, 0) is 24.3 Å². The summed E-state index contributed by atoms with van der Waals surface area (Å²) in [5, 5.41) is 13.7. The fourth-order valence-corrected chi connectivity index (χ4v) is 2.67. The Morgan fingerprint density at radius 2 is 1.96 bits per heavy atom. The van der Waals surface area contributed by atoms with Crippen molar-refractivity contribution in [2.45, 2.75) is 0 Å². The molecule has 1 aliphatic rings. The third-order valence-corrected chi connectivity index (χ3v) is 3.99. The molecule has 10 heteroatoms. The SMILES string of the molecule is COC(=O)c1cc(C(=O)Nc2cccc(N3CCOC3=O)c2)cc([N+](=O)[O-])c1. The molecule has 28 heavy (non-hydrogen) atoms. The van der Waals surface area contributed by atoms with Crippen LogP contribution in [0.2, 0.25) is 0 Å². The normalized spacial score (nSPS) is 13.0. The predicted octanol–water partition coefficient (Wildman–Crippen LogP) is 2.59. The Labute approximate surface area is 158 Å². The second-order valence-corrected chi connectivity index (χ2v) is 5.79. The first-order chi connectivity index (χ1) is 13.4. The van der Waals surface area contributed by atoms with Crippen molar-refractivity contribution in [2.75, 3.05) is 30.5 Å². The van der Waals surface area contributed by atoms with Gasteiger partial charge in [0.15, 0.2) is 0 Å². The lowest BCUT2D eigenvalue weighted by Gasteiger charge is -2.14. The zero-order chi connectivity index (χ0) is 20.3. The maximum Gasteiger partial charge on any atom is 0.414 e. The predicted molar refractivity (Wildman–Crippen MR) is 97.5 cm³/mol. The van der Waals surface area contributed by atoms with Crippen molar-refractivity contribution in [3.8, 4) is 0 Å². The summed E-state index contributed by atoms with van der Waals surface area (Å²) >= 11 is 0. The average molecular weight is 385 g/mol. The van der Waals surface area contributed by atoms with Crippen molar-refractivity contribution < 1.29 is 28.8 Å². The van der Waals surface area contributed by atoms with Crippen LogP contribution in [0.4, 0.5) is 21.9 Å². The van der Waals surface area contributed by atoms with Crippen LogP contribution in [0.3, 0.4) is 0 Å². The molecule has 3 rings (SSSR count). The Balaban J connectivity index is 1.87. The van der Waals surface area contributed by atoms with Crippen LogP contribution in [0.1, 0.15) is 20.7 Å². The number of nitrogens with zero attached hydrogens (tertiary/aromatic N) is 2. The molecule has 0 aromatic heterocycles. The highest BCUT2D eigenvalue weighted by molar-refractivity contribution is 6.06. The zero-order valence-corrected chi connectivity index (χ0v) is 14.7. The van der Waals surface area contributed by atoms with Crippen molar-refractivity contribution in [1.29, 1.82) is 0 Å². The van der Waals surface area contributed by atoms with Crippen LogP contribution in [0, 0.1) is 10.1 Å². The van der Waals surface area contributed by atoms with Gasteiger partial charge in [-0.25, -0.2) is 9.59 Å². The second kappa shape index (κ2) is 7.74. The molecule has 0 radical (unpaired) electrons. The van der Waals surface area contributed by atoms with E-state index in [1.165, 1.54) is 11.0 Å². The summed E-state index contributed by atoms with van der Waals surface area (Å²) in [6.07, 6.45) is -0.482. The summed E-state index contributed by atoms with van der Waals surface area (Å²) < 4.78 is 9.45. The molecule has 1 fully saturated rings.